The van der Waals surface area contributed by atoms with Crippen LogP contribution < -0.4 is 10.6 Å². The second-order valence-electron chi connectivity index (χ2n) is 4.61. The number of nitrogens with zero attached hydrogens (tertiary/aromatic N) is 2. The second kappa shape index (κ2) is 6.41. The topological polar surface area (TPSA) is 49.8 Å². The van der Waals surface area contributed by atoms with Crippen LogP contribution in [0.1, 0.15) is 13.3 Å². The van der Waals surface area contributed by atoms with Crippen molar-refractivity contribution < 1.29 is 0 Å². The van der Waals surface area contributed by atoms with Crippen molar-refractivity contribution in [3.05, 3.63) is 40.4 Å². The first-order valence-electron chi connectivity index (χ1n) is 6.76. The summed E-state index contributed by atoms with van der Waals surface area (Å²) in [5.41, 5.74) is 1.02. The summed E-state index contributed by atoms with van der Waals surface area (Å²) in [7, 11) is 0. The van der Waals surface area contributed by atoms with E-state index in [1.54, 1.807) is 17.7 Å². The van der Waals surface area contributed by atoms with Crippen molar-refractivity contribution in [2.45, 2.75) is 13.3 Å². The molecule has 0 saturated heterocycles. The highest BCUT2D eigenvalue weighted by Crippen LogP contribution is 2.30. The smallest absolute Gasteiger partial charge is 0.150 e. The number of aromatic nitrogens is 2. The average molecular weight is 363 g/mol. The summed E-state index contributed by atoms with van der Waals surface area (Å²) < 4.78 is 2.14. The van der Waals surface area contributed by atoms with E-state index in [1.807, 2.05) is 0 Å². The van der Waals surface area contributed by atoms with Crippen molar-refractivity contribution in [2.75, 3.05) is 17.2 Å². The van der Waals surface area contributed by atoms with E-state index in [0.717, 1.165) is 34.8 Å². The van der Waals surface area contributed by atoms with Gasteiger partial charge < -0.3 is 10.6 Å². The van der Waals surface area contributed by atoms with Crippen LogP contribution in [0.5, 0.6) is 0 Å². The molecule has 3 rings (SSSR count). The van der Waals surface area contributed by atoms with E-state index in [0.29, 0.717) is 0 Å². The molecule has 0 aliphatic rings. The molecule has 6 heteroatoms. The summed E-state index contributed by atoms with van der Waals surface area (Å²) in [5.74, 6) is 1.57. The fourth-order valence-corrected chi connectivity index (χ4v) is 3.22. The van der Waals surface area contributed by atoms with Gasteiger partial charge in [0, 0.05) is 16.9 Å². The van der Waals surface area contributed by atoms with Gasteiger partial charge in [0.15, 0.2) is 0 Å². The first-order chi connectivity index (χ1) is 10.3. The first kappa shape index (κ1) is 14.3. The number of nitrogens with one attached hydrogen (secondary N) is 2. The quantitative estimate of drug-likeness (QED) is 0.668. The number of benzene rings is 1. The lowest BCUT2D eigenvalue weighted by molar-refractivity contribution is 0.962. The van der Waals surface area contributed by atoms with Crippen molar-refractivity contribution in [3.8, 4) is 0 Å². The van der Waals surface area contributed by atoms with Gasteiger partial charge in [-0.25, -0.2) is 9.97 Å². The van der Waals surface area contributed by atoms with Crippen molar-refractivity contribution >= 4 is 54.7 Å². The Labute approximate surface area is 135 Å². The molecule has 0 fully saturated rings. The van der Waals surface area contributed by atoms with E-state index in [9.17, 15) is 0 Å². The van der Waals surface area contributed by atoms with Crippen molar-refractivity contribution in [1.82, 2.24) is 9.97 Å². The van der Waals surface area contributed by atoms with E-state index >= 15 is 0 Å². The van der Waals surface area contributed by atoms with Crippen molar-refractivity contribution in [3.63, 3.8) is 0 Å². The number of hydrogen-bond acceptors (Lipinski definition) is 5. The molecule has 0 atom stereocenters. The average Bonchev–Trinajstić information content (AvgIpc) is 2.96. The number of hydrogen-bond donors (Lipinski definition) is 2. The van der Waals surface area contributed by atoms with Gasteiger partial charge in [0.2, 0.25) is 0 Å². The Morgan fingerprint density at radius 1 is 1.19 bits per heavy atom. The molecule has 0 aliphatic carbocycles. The summed E-state index contributed by atoms with van der Waals surface area (Å²) in [6.45, 7) is 3.01. The number of thiophene rings is 1. The van der Waals surface area contributed by atoms with Crippen LogP contribution in [-0.4, -0.2) is 16.5 Å². The fraction of sp³-hybridized carbons (Fsp3) is 0.200. The lowest BCUT2D eigenvalue weighted by Crippen LogP contribution is -2.05. The van der Waals surface area contributed by atoms with E-state index < -0.39 is 0 Å². The Bertz CT molecular complexity index is 756. The summed E-state index contributed by atoms with van der Waals surface area (Å²) in [5, 5.41) is 9.95. The van der Waals surface area contributed by atoms with Gasteiger partial charge in [-0.3, -0.25) is 0 Å². The van der Waals surface area contributed by atoms with Crippen LogP contribution in [0.15, 0.2) is 40.4 Å². The molecule has 3 aromatic rings. The van der Waals surface area contributed by atoms with Crippen molar-refractivity contribution in [1.29, 1.82) is 0 Å². The molecule has 108 valence electrons. The Morgan fingerprint density at radius 2 is 2.05 bits per heavy atom. The lowest BCUT2D eigenvalue weighted by Gasteiger charge is -2.11. The number of anilines is 3. The zero-order chi connectivity index (χ0) is 14.7. The molecule has 1 aromatic carbocycles. The zero-order valence-electron chi connectivity index (χ0n) is 11.6. The minimum Gasteiger partial charge on any atom is -0.369 e. The molecule has 4 nitrogen and oxygen atoms in total. The molecular formula is C15H15BrN4S. The van der Waals surface area contributed by atoms with Gasteiger partial charge in [0.1, 0.15) is 22.4 Å². The maximum Gasteiger partial charge on any atom is 0.150 e. The first-order valence-corrected chi connectivity index (χ1v) is 8.44. The second-order valence-corrected chi connectivity index (χ2v) is 6.35. The van der Waals surface area contributed by atoms with Crippen LogP contribution in [0.25, 0.3) is 10.1 Å². The highest BCUT2D eigenvalue weighted by atomic mass is 79.9. The molecule has 0 aliphatic heterocycles. The Kier molecular flexibility index (Phi) is 4.36. The Hall–Kier alpha value is -1.66. The molecule has 0 bridgehead atoms. The molecule has 21 heavy (non-hydrogen) atoms. The molecule has 2 heterocycles. The Morgan fingerprint density at radius 3 is 2.90 bits per heavy atom. The maximum atomic E-state index is 4.30. The summed E-state index contributed by atoms with van der Waals surface area (Å²) in [4.78, 5) is 8.56. The number of halogens is 1. The summed E-state index contributed by atoms with van der Waals surface area (Å²) in [6.07, 6.45) is 2.61. The monoisotopic (exact) mass is 362 g/mol. The predicted molar refractivity (Wildman–Crippen MR) is 93.6 cm³/mol. The molecule has 0 spiro atoms. The van der Waals surface area contributed by atoms with Gasteiger partial charge in [-0.2, -0.15) is 0 Å². The normalized spacial score (nSPS) is 10.8. The molecule has 2 aromatic heterocycles. The molecule has 0 saturated carbocycles. The van der Waals surface area contributed by atoms with E-state index in [1.165, 1.54) is 10.1 Å². The van der Waals surface area contributed by atoms with E-state index in [4.69, 9.17) is 0 Å². The minimum atomic E-state index is 0.762. The maximum absolute atomic E-state index is 4.30. The highest BCUT2D eigenvalue weighted by molar-refractivity contribution is 9.10. The van der Waals surface area contributed by atoms with E-state index in [2.05, 4.69) is 73.1 Å². The fourth-order valence-electron chi connectivity index (χ4n) is 2.00. The minimum absolute atomic E-state index is 0.762. The van der Waals surface area contributed by atoms with Crippen LogP contribution in [0.3, 0.4) is 0 Å². The molecule has 0 unspecified atom stereocenters. The van der Waals surface area contributed by atoms with Gasteiger partial charge in [-0.15, -0.1) is 11.3 Å². The molecule has 2 N–H and O–H groups in total. The van der Waals surface area contributed by atoms with Gasteiger partial charge in [0.05, 0.1) is 0 Å². The highest BCUT2D eigenvalue weighted by Gasteiger charge is 2.08. The van der Waals surface area contributed by atoms with Crippen molar-refractivity contribution in [2.24, 2.45) is 0 Å². The summed E-state index contributed by atoms with van der Waals surface area (Å²) in [6, 6.07) is 8.42. The van der Waals surface area contributed by atoms with Gasteiger partial charge >= 0.3 is 0 Å². The largest absolute Gasteiger partial charge is 0.369 e. The number of rotatable bonds is 5. The van der Waals surface area contributed by atoms with Crippen LogP contribution >= 0.6 is 27.3 Å². The third-order valence-electron chi connectivity index (χ3n) is 3.05. The lowest BCUT2D eigenvalue weighted by atomic mass is 10.2. The third-order valence-corrected chi connectivity index (χ3v) is 4.70. The van der Waals surface area contributed by atoms with Crippen LogP contribution in [-0.2, 0) is 0 Å². The molecule has 0 radical (unpaired) electrons. The third kappa shape index (κ3) is 3.16. The molecule has 0 amide bonds. The van der Waals surface area contributed by atoms with Crippen LogP contribution in [0.4, 0.5) is 17.3 Å². The van der Waals surface area contributed by atoms with Crippen LogP contribution in [0.2, 0.25) is 0 Å². The zero-order valence-corrected chi connectivity index (χ0v) is 14.0. The predicted octanol–water partition coefficient (Wildman–Crippen LogP) is 5.02. The number of fused-ring (bicyclic) bond motifs is 1. The van der Waals surface area contributed by atoms with Gasteiger partial charge in [-0.1, -0.05) is 6.92 Å². The molecular weight excluding hydrogens is 348 g/mol. The Balaban J connectivity index is 1.86. The van der Waals surface area contributed by atoms with Crippen LogP contribution in [0, 0.1) is 0 Å². The van der Waals surface area contributed by atoms with E-state index in [-0.39, 0.29) is 0 Å². The SMILES string of the molecule is CCCNc1ncnc(Nc2ccc3sccc3c2)c1Br. The van der Waals surface area contributed by atoms with Gasteiger partial charge in [0.25, 0.3) is 0 Å². The standard InChI is InChI=1S/C15H15BrN4S/c1-2-6-17-14-13(16)15(19-9-18-14)20-11-3-4-12-10(8-11)5-7-21-12/h3-5,7-9H,2,6H2,1H3,(H2,17,18,19,20). The van der Waals surface area contributed by atoms with Gasteiger partial charge in [-0.05, 0) is 57.4 Å². The summed E-state index contributed by atoms with van der Waals surface area (Å²) >= 11 is 5.31.